The summed E-state index contributed by atoms with van der Waals surface area (Å²) in [6.07, 6.45) is 6.39. The molecule has 2 saturated heterocycles. The van der Waals surface area contributed by atoms with E-state index in [1.165, 1.54) is 4.31 Å². The van der Waals surface area contributed by atoms with Gasteiger partial charge in [-0.3, -0.25) is 9.89 Å². The van der Waals surface area contributed by atoms with E-state index in [0.717, 1.165) is 45.2 Å². The quantitative estimate of drug-likeness (QED) is 0.771. The molecule has 0 saturated carbocycles. The van der Waals surface area contributed by atoms with Crippen molar-refractivity contribution in [1.82, 2.24) is 29.4 Å². The largest absolute Gasteiger partial charge is 0.339 e. The number of rotatable bonds is 4. The van der Waals surface area contributed by atoms with Gasteiger partial charge in [0, 0.05) is 38.3 Å². The Kier molecular flexibility index (Phi) is 6.11. The Morgan fingerprint density at radius 1 is 1.06 bits per heavy atom. The van der Waals surface area contributed by atoms with Gasteiger partial charge in [0.2, 0.25) is 10.0 Å². The number of piperidine rings is 2. The summed E-state index contributed by atoms with van der Waals surface area (Å²) < 4.78 is 28.0. The van der Waals surface area contributed by atoms with Crippen LogP contribution in [0.2, 0.25) is 0 Å². The van der Waals surface area contributed by atoms with Gasteiger partial charge in [-0.15, -0.1) is 0 Å². The smallest absolute Gasteiger partial charge is 0.257 e. The summed E-state index contributed by atoms with van der Waals surface area (Å²) in [7, 11) is -3.64. The number of aryl methyl sites for hydroxylation is 3. The van der Waals surface area contributed by atoms with Crippen molar-refractivity contribution >= 4 is 15.9 Å². The lowest BCUT2D eigenvalue weighted by atomic mass is 9.98. The number of nitrogens with zero attached hydrogens (tertiary/aromatic N) is 5. The minimum absolute atomic E-state index is 0.0116. The van der Waals surface area contributed by atoms with E-state index in [4.69, 9.17) is 0 Å². The zero-order valence-electron chi connectivity index (χ0n) is 18.4. The lowest BCUT2D eigenvalue weighted by Crippen LogP contribution is -2.40. The first kappa shape index (κ1) is 21.9. The minimum atomic E-state index is -3.64. The molecule has 0 aliphatic carbocycles. The highest BCUT2D eigenvalue weighted by atomic mass is 32.2. The lowest BCUT2D eigenvalue weighted by Gasteiger charge is -2.31. The molecule has 2 aromatic rings. The van der Waals surface area contributed by atoms with Gasteiger partial charge in [-0.1, -0.05) is 0 Å². The molecule has 9 nitrogen and oxygen atoms in total. The van der Waals surface area contributed by atoms with Crippen LogP contribution in [0.25, 0.3) is 0 Å². The molecule has 2 fully saturated rings. The Morgan fingerprint density at radius 3 is 2.45 bits per heavy atom. The van der Waals surface area contributed by atoms with Gasteiger partial charge in [-0.2, -0.15) is 9.40 Å². The Balaban J connectivity index is 1.53. The predicted molar refractivity (Wildman–Crippen MR) is 115 cm³/mol. The maximum absolute atomic E-state index is 13.2. The molecule has 1 N–H and O–H groups in total. The van der Waals surface area contributed by atoms with Crippen LogP contribution < -0.4 is 0 Å². The molecule has 0 unspecified atom stereocenters. The van der Waals surface area contributed by atoms with E-state index in [9.17, 15) is 13.2 Å². The first-order valence-electron chi connectivity index (χ1n) is 10.9. The minimum Gasteiger partial charge on any atom is -0.339 e. The van der Waals surface area contributed by atoms with Crippen LogP contribution in [-0.4, -0.2) is 69.9 Å². The van der Waals surface area contributed by atoms with Crippen molar-refractivity contribution in [2.24, 2.45) is 0 Å². The summed E-state index contributed by atoms with van der Waals surface area (Å²) in [5.74, 6) is 0.490. The summed E-state index contributed by atoms with van der Waals surface area (Å²) in [6.45, 7) is 7.60. The van der Waals surface area contributed by atoms with Crippen molar-refractivity contribution in [3.05, 3.63) is 34.7 Å². The number of carbonyl (C=O) groups excluding carboxylic acids is 1. The van der Waals surface area contributed by atoms with Gasteiger partial charge in [0.05, 0.1) is 22.6 Å². The molecule has 0 aromatic carbocycles. The number of nitrogens with one attached hydrogen (secondary N) is 1. The summed E-state index contributed by atoms with van der Waals surface area (Å²) in [5, 5.41) is 6.80. The van der Waals surface area contributed by atoms with E-state index in [1.807, 2.05) is 11.8 Å². The van der Waals surface area contributed by atoms with Crippen LogP contribution in [0.3, 0.4) is 0 Å². The first-order chi connectivity index (χ1) is 14.8. The molecule has 10 heteroatoms. The molecule has 0 spiro atoms. The highest BCUT2D eigenvalue weighted by Gasteiger charge is 2.35. The second-order valence-corrected chi connectivity index (χ2v) is 10.4. The normalized spacial score (nSPS) is 20.7. The molecule has 31 heavy (non-hydrogen) atoms. The second kappa shape index (κ2) is 8.66. The number of H-pyrrole nitrogens is 1. The average Bonchev–Trinajstić information content (AvgIpc) is 3.12. The molecular weight excluding hydrogens is 416 g/mol. The predicted octanol–water partition coefficient (Wildman–Crippen LogP) is 2.32. The molecule has 168 valence electrons. The maximum Gasteiger partial charge on any atom is 0.257 e. The Morgan fingerprint density at radius 2 is 1.81 bits per heavy atom. The Hall–Kier alpha value is -2.33. The summed E-state index contributed by atoms with van der Waals surface area (Å²) in [4.78, 5) is 24.1. The van der Waals surface area contributed by atoms with Crippen molar-refractivity contribution in [3.8, 4) is 0 Å². The number of aromatic nitrogens is 4. The van der Waals surface area contributed by atoms with Crippen molar-refractivity contribution in [2.75, 3.05) is 26.2 Å². The number of aromatic amines is 1. The summed E-state index contributed by atoms with van der Waals surface area (Å²) in [6, 6.07) is 0. The third-order valence-corrected chi connectivity index (χ3v) is 8.41. The van der Waals surface area contributed by atoms with Crippen LogP contribution >= 0.6 is 0 Å². The fourth-order valence-electron chi connectivity index (χ4n) is 4.58. The molecular formula is C21H30N6O3S. The summed E-state index contributed by atoms with van der Waals surface area (Å²) >= 11 is 0. The summed E-state index contributed by atoms with van der Waals surface area (Å²) in [5.41, 5.74) is 2.22. The molecule has 2 aromatic heterocycles. The molecule has 2 aliphatic heterocycles. The Labute approximate surface area is 183 Å². The van der Waals surface area contributed by atoms with Gasteiger partial charge >= 0.3 is 0 Å². The highest BCUT2D eigenvalue weighted by Crippen LogP contribution is 2.30. The van der Waals surface area contributed by atoms with Crippen molar-refractivity contribution in [1.29, 1.82) is 0 Å². The maximum atomic E-state index is 13.2. The second-order valence-electron chi connectivity index (χ2n) is 8.55. The monoisotopic (exact) mass is 446 g/mol. The van der Waals surface area contributed by atoms with Gasteiger partial charge in [0.1, 0.15) is 10.7 Å². The van der Waals surface area contributed by atoms with E-state index in [2.05, 4.69) is 20.2 Å². The van der Waals surface area contributed by atoms with Gasteiger partial charge in [-0.25, -0.2) is 18.4 Å². The molecule has 1 amide bonds. The van der Waals surface area contributed by atoms with Gasteiger partial charge < -0.3 is 4.90 Å². The van der Waals surface area contributed by atoms with Crippen molar-refractivity contribution in [3.63, 3.8) is 0 Å². The lowest BCUT2D eigenvalue weighted by molar-refractivity contribution is 0.0722. The van der Waals surface area contributed by atoms with Gasteiger partial charge in [0.15, 0.2) is 0 Å². The molecule has 4 rings (SSSR count). The fourth-order valence-corrected chi connectivity index (χ4v) is 6.44. The number of likely N-dealkylation sites (tertiary alicyclic amines) is 1. The molecule has 2 aliphatic rings. The average molecular weight is 447 g/mol. The molecule has 4 heterocycles. The van der Waals surface area contributed by atoms with Crippen LogP contribution in [0.1, 0.15) is 71.3 Å². The van der Waals surface area contributed by atoms with Gasteiger partial charge in [-0.05, 0) is 52.9 Å². The van der Waals surface area contributed by atoms with Crippen LogP contribution in [-0.2, 0) is 10.0 Å². The van der Waals surface area contributed by atoms with E-state index in [0.29, 0.717) is 41.6 Å². The van der Waals surface area contributed by atoms with Crippen molar-refractivity contribution in [2.45, 2.75) is 63.7 Å². The van der Waals surface area contributed by atoms with Crippen molar-refractivity contribution < 1.29 is 13.2 Å². The third-order valence-electron chi connectivity index (χ3n) is 6.28. The van der Waals surface area contributed by atoms with Crippen LogP contribution in [0, 0.1) is 20.8 Å². The van der Waals surface area contributed by atoms with Crippen LogP contribution in [0.5, 0.6) is 0 Å². The zero-order chi connectivity index (χ0) is 22.2. The third kappa shape index (κ3) is 4.23. The SMILES string of the molecule is Cc1nc([C@@H]2CCCN(S(=O)(=O)c3c(C)n[nH]c3C)C2)ncc1C(=O)N1CCCCC1. The molecule has 0 bridgehead atoms. The van der Waals surface area contributed by atoms with Crippen LogP contribution in [0.4, 0.5) is 0 Å². The van der Waals surface area contributed by atoms with Crippen LogP contribution in [0.15, 0.2) is 11.1 Å². The first-order valence-corrected chi connectivity index (χ1v) is 12.4. The number of hydrogen-bond acceptors (Lipinski definition) is 6. The zero-order valence-corrected chi connectivity index (χ0v) is 19.2. The van der Waals surface area contributed by atoms with E-state index in [1.54, 1.807) is 20.0 Å². The highest BCUT2D eigenvalue weighted by molar-refractivity contribution is 7.89. The van der Waals surface area contributed by atoms with E-state index in [-0.39, 0.29) is 16.7 Å². The number of sulfonamides is 1. The molecule has 1 atom stereocenters. The van der Waals surface area contributed by atoms with E-state index < -0.39 is 10.0 Å². The standard InChI is InChI=1S/C21H30N6O3S/c1-14-18(21(28)26-9-5-4-6-10-26)12-22-20(23-14)17-8-7-11-27(13-17)31(29,30)19-15(2)24-25-16(19)3/h12,17H,4-11,13H2,1-3H3,(H,24,25)/t17-/m1/s1. The number of amides is 1. The van der Waals surface area contributed by atoms with E-state index >= 15 is 0 Å². The number of hydrogen-bond donors (Lipinski definition) is 1. The fraction of sp³-hybridized carbons (Fsp3) is 0.619. The Bertz CT molecular complexity index is 1060. The molecule has 0 radical (unpaired) electrons. The topological polar surface area (TPSA) is 112 Å². The van der Waals surface area contributed by atoms with Gasteiger partial charge in [0.25, 0.3) is 5.91 Å². The number of carbonyl (C=O) groups is 1.